The fourth-order valence-electron chi connectivity index (χ4n) is 1.90. The van der Waals surface area contributed by atoms with E-state index in [1.807, 2.05) is 14.0 Å². The first-order chi connectivity index (χ1) is 9.93. The van der Waals surface area contributed by atoms with Gasteiger partial charge in [0, 0.05) is 25.1 Å². The van der Waals surface area contributed by atoms with Crippen molar-refractivity contribution < 1.29 is 9.72 Å². The van der Waals surface area contributed by atoms with Crippen molar-refractivity contribution in [2.75, 3.05) is 25.5 Å². The first-order valence-electron chi connectivity index (χ1n) is 7.17. The van der Waals surface area contributed by atoms with E-state index in [9.17, 15) is 14.9 Å². The zero-order chi connectivity index (χ0) is 15.8. The highest BCUT2D eigenvalue weighted by atomic mass is 16.6. The number of benzene rings is 1. The van der Waals surface area contributed by atoms with Gasteiger partial charge in [-0.25, -0.2) is 0 Å². The first kappa shape index (κ1) is 17.1. The second-order valence-electron chi connectivity index (χ2n) is 5.21. The van der Waals surface area contributed by atoms with Gasteiger partial charge in [0.1, 0.15) is 0 Å². The van der Waals surface area contributed by atoms with Crippen LogP contribution in [0.25, 0.3) is 0 Å². The number of unbranched alkanes of at least 4 members (excludes halogenated alkanes) is 1. The second kappa shape index (κ2) is 8.36. The lowest BCUT2D eigenvalue weighted by Gasteiger charge is -2.16. The maximum Gasteiger partial charge on any atom is 0.271 e. The van der Waals surface area contributed by atoms with Gasteiger partial charge >= 0.3 is 0 Å². The van der Waals surface area contributed by atoms with Crippen molar-refractivity contribution in [2.45, 2.75) is 33.1 Å². The summed E-state index contributed by atoms with van der Waals surface area (Å²) in [5.41, 5.74) is 1.30. The predicted octanol–water partition coefficient (Wildman–Crippen LogP) is 2.96. The SMILES string of the molecule is CCCCN(C)CCC(=O)Nc1cc([N+](=O)[O-])ccc1C. The summed E-state index contributed by atoms with van der Waals surface area (Å²) in [5, 5.41) is 13.5. The standard InChI is InChI=1S/C15H23N3O3/c1-4-5-9-17(3)10-8-15(19)16-14-11-13(18(20)21)7-6-12(14)2/h6-7,11H,4-5,8-10H2,1-3H3,(H,16,19). The van der Waals surface area contributed by atoms with Crippen molar-refractivity contribution in [2.24, 2.45) is 0 Å². The summed E-state index contributed by atoms with van der Waals surface area (Å²) in [6.45, 7) is 5.60. The summed E-state index contributed by atoms with van der Waals surface area (Å²) < 4.78 is 0. The van der Waals surface area contributed by atoms with Gasteiger partial charge < -0.3 is 10.2 Å². The molecule has 0 saturated carbocycles. The minimum absolute atomic E-state index is 0.0176. The van der Waals surface area contributed by atoms with E-state index in [-0.39, 0.29) is 11.6 Å². The minimum Gasteiger partial charge on any atom is -0.326 e. The van der Waals surface area contributed by atoms with Crippen molar-refractivity contribution in [3.63, 3.8) is 0 Å². The number of nitro groups is 1. The van der Waals surface area contributed by atoms with Gasteiger partial charge in [-0.3, -0.25) is 14.9 Å². The maximum absolute atomic E-state index is 11.9. The smallest absolute Gasteiger partial charge is 0.271 e. The zero-order valence-corrected chi connectivity index (χ0v) is 12.9. The van der Waals surface area contributed by atoms with Gasteiger partial charge in [0.15, 0.2) is 0 Å². The molecule has 0 aliphatic rings. The van der Waals surface area contributed by atoms with Crippen LogP contribution in [0.4, 0.5) is 11.4 Å². The first-order valence-corrected chi connectivity index (χ1v) is 7.17. The van der Waals surface area contributed by atoms with Crippen LogP contribution in [0.5, 0.6) is 0 Å². The molecule has 0 heterocycles. The van der Waals surface area contributed by atoms with Crippen molar-refractivity contribution in [3.05, 3.63) is 33.9 Å². The van der Waals surface area contributed by atoms with E-state index in [0.717, 1.165) is 24.9 Å². The Morgan fingerprint density at radius 2 is 2.10 bits per heavy atom. The Hall–Kier alpha value is -1.95. The van der Waals surface area contributed by atoms with Crippen molar-refractivity contribution in [1.82, 2.24) is 4.90 Å². The Morgan fingerprint density at radius 1 is 1.38 bits per heavy atom. The molecule has 1 N–H and O–H groups in total. The van der Waals surface area contributed by atoms with Crippen LogP contribution < -0.4 is 5.32 Å². The molecule has 1 aromatic carbocycles. The molecule has 6 nitrogen and oxygen atoms in total. The highest BCUT2D eigenvalue weighted by Crippen LogP contribution is 2.21. The number of non-ortho nitro benzene ring substituents is 1. The van der Waals surface area contributed by atoms with Crippen molar-refractivity contribution in [1.29, 1.82) is 0 Å². The lowest BCUT2D eigenvalue weighted by molar-refractivity contribution is -0.384. The molecule has 1 aromatic rings. The number of amides is 1. The van der Waals surface area contributed by atoms with Gasteiger partial charge in [0.05, 0.1) is 10.6 Å². The van der Waals surface area contributed by atoms with E-state index in [4.69, 9.17) is 0 Å². The largest absolute Gasteiger partial charge is 0.326 e. The fraction of sp³-hybridized carbons (Fsp3) is 0.533. The second-order valence-corrected chi connectivity index (χ2v) is 5.21. The molecule has 116 valence electrons. The fourth-order valence-corrected chi connectivity index (χ4v) is 1.90. The van der Waals surface area contributed by atoms with Crippen LogP contribution in [-0.4, -0.2) is 35.9 Å². The highest BCUT2D eigenvalue weighted by Gasteiger charge is 2.11. The molecule has 1 amide bonds. The Kier molecular flexibility index (Phi) is 6.81. The summed E-state index contributed by atoms with van der Waals surface area (Å²) >= 11 is 0. The van der Waals surface area contributed by atoms with E-state index < -0.39 is 4.92 Å². The van der Waals surface area contributed by atoms with Gasteiger partial charge in [-0.1, -0.05) is 19.4 Å². The van der Waals surface area contributed by atoms with Gasteiger partial charge in [-0.15, -0.1) is 0 Å². The van der Waals surface area contributed by atoms with Crippen LogP contribution in [0.1, 0.15) is 31.7 Å². The van der Waals surface area contributed by atoms with Crippen LogP contribution in [0.3, 0.4) is 0 Å². The summed E-state index contributed by atoms with van der Waals surface area (Å²) in [4.78, 5) is 24.3. The lowest BCUT2D eigenvalue weighted by Crippen LogP contribution is -2.25. The Morgan fingerprint density at radius 3 is 2.71 bits per heavy atom. The van der Waals surface area contributed by atoms with E-state index >= 15 is 0 Å². The molecule has 0 aliphatic carbocycles. The van der Waals surface area contributed by atoms with Gasteiger partial charge in [0.2, 0.25) is 5.91 Å². The quantitative estimate of drug-likeness (QED) is 0.590. The van der Waals surface area contributed by atoms with Crippen LogP contribution in [-0.2, 0) is 4.79 Å². The molecular weight excluding hydrogens is 270 g/mol. The molecule has 0 radical (unpaired) electrons. The summed E-state index contributed by atoms with van der Waals surface area (Å²) in [6, 6.07) is 4.47. The molecule has 0 atom stereocenters. The Labute approximate surface area is 125 Å². The molecule has 0 unspecified atom stereocenters. The molecule has 0 fully saturated rings. The van der Waals surface area contributed by atoms with E-state index in [1.54, 1.807) is 6.07 Å². The molecule has 0 aromatic heterocycles. The number of hydrogen-bond donors (Lipinski definition) is 1. The number of rotatable bonds is 8. The Balaban J connectivity index is 2.54. The predicted molar refractivity (Wildman–Crippen MR) is 83.5 cm³/mol. The number of nitrogens with zero attached hydrogens (tertiary/aromatic N) is 2. The van der Waals surface area contributed by atoms with Crippen LogP contribution in [0.15, 0.2) is 18.2 Å². The minimum atomic E-state index is -0.465. The van der Waals surface area contributed by atoms with Crippen LogP contribution in [0.2, 0.25) is 0 Å². The number of carbonyl (C=O) groups is 1. The summed E-state index contributed by atoms with van der Waals surface area (Å²) in [6.07, 6.45) is 2.62. The third-order valence-corrected chi connectivity index (χ3v) is 3.32. The van der Waals surface area contributed by atoms with Crippen molar-refractivity contribution >= 4 is 17.3 Å². The van der Waals surface area contributed by atoms with Gasteiger partial charge in [-0.05, 0) is 32.5 Å². The topological polar surface area (TPSA) is 75.5 Å². The van der Waals surface area contributed by atoms with Gasteiger partial charge in [0.25, 0.3) is 5.69 Å². The molecule has 6 heteroatoms. The molecule has 0 saturated heterocycles. The highest BCUT2D eigenvalue weighted by molar-refractivity contribution is 5.92. The summed E-state index contributed by atoms with van der Waals surface area (Å²) in [5.74, 6) is -0.123. The van der Waals surface area contributed by atoms with E-state index in [1.165, 1.54) is 12.1 Å². The molecule has 1 rings (SSSR count). The molecule has 21 heavy (non-hydrogen) atoms. The monoisotopic (exact) mass is 293 g/mol. The molecule has 0 aliphatic heterocycles. The number of carbonyl (C=O) groups excluding carboxylic acids is 1. The summed E-state index contributed by atoms with van der Waals surface area (Å²) in [7, 11) is 1.99. The maximum atomic E-state index is 11.9. The number of aryl methyl sites for hydroxylation is 1. The number of hydrogen-bond acceptors (Lipinski definition) is 4. The average molecular weight is 293 g/mol. The van der Waals surface area contributed by atoms with E-state index in [2.05, 4.69) is 17.1 Å². The average Bonchev–Trinajstić information content (AvgIpc) is 2.45. The van der Waals surface area contributed by atoms with Crippen molar-refractivity contribution in [3.8, 4) is 0 Å². The number of anilines is 1. The number of nitrogens with one attached hydrogen (secondary N) is 1. The van der Waals surface area contributed by atoms with E-state index in [0.29, 0.717) is 18.7 Å². The normalized spacial score (nSPS) is 10.7. The molecule has 0 spiro atoms. The lowest BCUT2D eigenvalue weighted by atomic mass is 10.1. The van der Waals surface area contributed by atoms with Crippen LogP contribution >= 0.6 is 0 Å². The third-order valence-electron chi connectivity index (χ3n) is 3.32. The zero-order valence-electron chi connectivity index (χ0n) is 12.9. The molecular formula is C15H23N3O3. The molecule has 0 bridgehead atoms. The third kappa shape index (κ3) is 5.91. The number of nitro benzene ring substituents is 1. The van der Waals surface area contributed by atoms with Gasteiger partial charge in [-0.2, -0.15) is 0 Å². The van der Waals surface area contributed by atoms with Crippen LogP contribution in [0, 0.1) is 17.0 Å². The Bertz CT molecular complexity index is 503.